The number of piperazine rings is 1. The second-order valence-electron chi connectivity index (χ2n) is 7.78. The number of ketones is 1. The largest absolute Gasteiger partial charge is 0.345 e. The van der Waals surface area contributed by atoms with E-state index >= 15 is 0 Å². The van der Waals surface area contributed by atoms with Crippen LogP contribution in [0.5, 0.6) is 0 Å². The number of hydrogen-bond donors (Lipinski definition) is 0. The molecule has 1 saturated heterocycles. The van der Waals surface area contributed by atoms with Crippen LogP contribution in [0.3, 0.4) is 0 Å². The van der Waals surface area contributed by atoms with Gasteiger partial charge in [-0.05, 0) is 18.2 Å². The topological polar surface area (TPSA) is 53.5 Å². The Bertz CT molecular complexity index is 1330. The van der Waals surface area contributed by atoms with Crippen molar-refractivity contribution < 1.29 is 18.4 Å². The van der Waals surface area contributed by atoms with Crippen molar-refractivity contribution in [3.63, 3.8) is 0 Å². The average Bonchev–Trinajstić information content (AvgIpc) is 3.28. The zero-order valence-electron chi connectivity index (χ0n) is 17.5. The molecule has 8 heteroatoms. The lowest BCUT2D eigenvalue weighted by atomic mass is 10.0. The molecular weight excluding hydrogens is 444 g/mol. The van der Waals surface area contributed by atoms with E-state index in [1.54, 1.807) is 41.3 Å². The molecule has 0 aliphatic carbocycles. The van der Waals surface area contributed by atoms with Gasteiger partial charge in [-0.15, -0.1) is 0 Å². The summed E-state index contributed by atoms with van der Waals surface area (Å²) in [7, 11) is 0. The minimum atomic E-state index is -0.671. The molecule has 0 bridgehead atoms. The monoisotopic (exact) mass is 463 g/mol. The van der Waals surface area contributed by atoms with Crippen LogP contribution in [0, 0.1) is 11.6 Å². The fourth-order valence-corrected chi connectivity index (χ4v) is 4.94. The van der Waals surface area contributed by atoms with E-state index < -0.39 is 11.6 Å². The number of fused-ring (bicyclic) bond motifs is 1. The van der Waals surface area contributed by atoms with Crippen molar-refractivity contribution in [2.75, 3.05) is 31.1 Å². The Labute approximate surface area is 192 Å². The molecule has 33 heavy (non-hydrogen) atoms. The summed E-state index contributed by atoms with van der Waals surface area (Å²) < 4.78 is 27.9. The number of benzene rings is 3. The zero-order valence-corrected chi connectivity index (χ0v) is 18.3. The van der Waals surface area contributed by atoms with Crippen LogP contribution in [0.4, 0.5) is 13.9 Å². The first-order valence-corrected chi connectivity index (χ1v) is 11.3. The first-order chi connectivity index (χ1) is 16.0. The lowest BCUT2D eigenvalue weighted by molar-refractivity contribution is 0.0746. The Kier molecular flexibility index (Phi) is 5.60. The van der Waals surface area contributed by atoms with Crippen molar-refractivity contribution in [2.24, 2.45) is 0 Å². The van der Waals surface area contributed by atoms with Crippen LogP contribution in [0.25, 0.3) is 10.2 Å². The molecule has 1 aromatic heterocycles. The molecule has 4 aromatic rings. The van der Waals surface area contributed by atoms with Crippen LogP contribution in [-0.4, -0.2) is 47.8 Å². The van der Waals surface area contributed by atoms with Gasteiger partial charge < -0.3 is 9.80 Å². The summed E-state index contributed by atoms with van der Waals surface area (Å²) >= 11 is 1.24. The van der Waals surface area contributed by atoms with E-state index in [1.807, 2.05) is 23.1 Å². The van der Waals surface area contributed by atoms with Gasteiger partial charge in [-0.3, -0.25) is 9.59 Å². The van der Waals surface area contributed by atoms with Crippen molar-refractivity contribution in [1.29, 1.82) is 0 Å². The van der Waals surface area contributed by atoms with E-state index in [4.69, 9.17) is 0 Å². The minimum Gasteiger partial charge on any atom is -0.345 e. The molecule has 1 aliphatic heterocycles. The molecule has 1 amide bonds. The van der Waals surface area contributed by atoms with Gasteiger partial charge in [0, 0.05) is 48.9 Å². The van der Waals surface area contributed by atoms with Gasteiger partial charge in [-0.1, -0.05) is 53.8 Å². The number of thiazole rings is 1. The van der Waals surface area contributed by atoms with E-state index in [2.05, 4.69) is 4.98 Å². The smallest absolute Gasteiger partial charge is 0.253 e. The van der Waals surface area contributed by atoms with E-state index in [0.29, 0.717) is 52.7 Å². The summed E-state index contributed by atoms with van der Waals surface area (Å²) in [6, 6.07) is 17.8. The molecule has 2 heterocycles. The molecule has 0 spiro atoms. The predicted molar refractivity (Wildman–Crippen MR) is 124 cm³/mol. The van der Waals surface area contributed by atoms with Crippen molar-refractivity contribution in [3.8, 4) is 0 Å². The Morgan fingerprint density at radius 1 is 0.818 bits per heavy atom. The summed E-state index contributed by atoms with van der Waals surface area (Å²) in [5.74, 6) is -1.49. The van der Waals surface area contributed by atoms with E-state index in [9.17, 15) is 18.4 Å². The maximum absolute atomic E-state index is 14.0. The van der Waals surface area contributed by atoms with Crippen LogP contribution in [0.1, 0.15) is 26.3 Å². The standard InChI is InChI=1S/C25H19F2N3O2S/c26-19-14-20(27)22-21(15-19)33-25(28-22)30-12-10-29(11-13-30)24(32)18-8-6-17(7-9-18)23(31)16-4-2-1-3-5-16/h1-9,14-15H,10-13H2. The first kappa shape index (κ1) is 21.2. The van der Waals surface area contributed by atoms with Crippen LogP contribution in [0.2, 0.25) is 0 Å². The van der Waals surface area contributed by atoms with E-state index in [-0.39, 0.29) is 17.2 Å². The third-order valence-corrected chi connectivity index (χ3v) is 6.73. The second kappa shape index (κ2) is 8.71. The number of anilines is 1. The summed E-state index contributed by atoms with van der Waals surface area (Å²) in [5, 5.41) is 0.616. The molecule has 0 atom stereocenters. The van der Waals surface area contributed by atoms with Gasteiger partial charge in [-0.2, -0.15) is 0 Å². The molecule has 3 aromatic carbocycles. The normalized spacial score (nSPS) is 14.0. The highest BCUT2D eigenvalue weighted by Gasteiger charge is 2.25. The second-order valence-corrected chi connectivity index (χ2v) is 8.79. The maximum atomic E-state index is 14.0. The number of nitrogens with zero attached hydrogens (tertiary/aromatic N) is 3. The quantitative estimate of drug-likeness (QED) is 0.409. The highest BCUT2D eigenvalue weighted by Crippen LogP contribution is 2.31. The minimum absolute atomic E-state index is 0.0876. The SMILES string of the molecule is O=C(c1ccccc1)c1ccc(C(=O)N2CCN(c3nc4c(F)cc(F)cc4s3)CC2)cc1. The van der Waals surface area contributed by atoms with Gasteiger partial charge in [0.05, 0.1) is 4.70 Å². The molecule has 5 nitrogen and oxygen atoms in total. The Morgan fingerprint density at radius 2 is 1.45 bits per heavy atom. The van der Waals surface area contributed by atoms with Crippen molar-refractivity contribution in [1.82, 2.24) is 9.88 Å². The molecule has 166 valence electrons. The van der Waals surface area contributed by atoms with E-state index in [1.165, 1.54) is 17.4 Å². The van der Waals surface area contributed by atoms with Gasteiger partial charge in [0.2, 0.25) is 0 Å². The summed E-state index contributed by atoms with van der Waals surface area (Å²) in [6.07, 6.45) is 0. The number of hydrogen-bond acceptors (Lipinski definition) is 5. The predicted octanol–water partition coefficient (Wildman–Crippen LogP) is 4.77. The lowest BCUT2D eigenvalue weighted by Gasteiger charge is -2.34. The van der Waals surface area contributed by atoms with Crippen molar-refractivity contribution >= 4 is 38.4 Å². The molecule has 1 aliphatic rings. The molecule has 0 radical (unpaired) electrons. The number of carbonyl (C=O) groups excluding carboxylic acids is 2. The average molecular weight is 464 g/mol. The zero-order chi connectivity index (χ0) is 22.9. The van der Waals surface area contributed by atoms with E-state index in [0.717, 1.165) is 6.07 Å². The van der Waals surface area contributed by atoms with Gasteiger partial charge >= 0.3 is 0 Å². The van der Waals surface area contributed by atoms with Crippen LogP contribution < -0.4 is 4.90 Å². The number of amides is 1. The number of halogens is 2. The Morgan fingerprint density at radius 3 is 2.15 bits per heavy atom. The van der Waals surface area contributed by atoms with Gasteiger partial charge in [0.25, 0.3) is 5.91 Å². The fourth-order valence-electron chi connectivity index (χ4n) is 3.88. The molecule has 5 rings (SSSR count). The Hall–Kier alpha value is -3.65. The summed E-state index contributed by atoms with van der Waals surface area (Å²) in [5.41, 5.74) is 1.82. The molecule has 0 unspecified atom stereocenters. The highest BCUT2D eigenvalue weighted by atomic mass is 32.1. The Balaban J connectivity index is 1.24. The maximum Gasteiger partial charge on any atom is 0.253 e. The van der Waals surface area contributed by atoms with Crippen LogP contribution in [-0.2, 0) is 0 Å². The lowest BCUT2D eigenvalue weighted by Crippen LogP contribution is -2.48. The third-order valence-electron chi connectivity index (χ3n) is 5.67. The van der Waals surface area contributed by atoms with Crippen molar-refractivity contribution in [2.45, 2.75) is 0 Å². The summed E-state index contributed by atoms with van der Waals surface area (Å²) in [4.78, 5) is 33.5. The van der Waals surface area contributed by atoms with Crippen molar-refractivity contribution in [3.05, 3.63) is 95.1 Å². The van der Waals surface area contributed by atoms with Gasteiger partial charge in [0.1, 0.15) is 11.3 Å². The molecule has 1 fully saturated rings. The molecule has 0 N–H and O–H groups in total. The third kappa shape index (κ3) is 4.21. The van der Waals surface area contributed by atoms with Gasteiger partial charge in [-0.25, -0.2) is 13.8 Å². The molecular formula is C25H19F2N3O2S. The number of rotatable bonds is 4. The summed E-state index contributed by atoms with van der Waals surface area (Å²) in [6.45, 7) is 2.05. The van der Waals surface area contributed by atoms with Crippen LogP contribution in [0.15, 0.2) is 66.7 Å². The molecule has 0 saturated carbocycles. The highest BCUT2D eigenvalue weighted by molar-refractivity contribution is 7.22. The van der Waals surface area contributed by atoms with Gasteiger partial charge in [0.15, 0.2) is 16.7 Å². The first-order valence-electron chi connectivity index (χ1n) is 10.5. The fraction of sp³-hybridized carbons (Fsp3) is 0.160. The number of carbonyl (C=O) groups is 2. The number of aromatic nitrogens is 1. The van der Waals surface area contributed by atoms with Crippen LogP contribution >= 0.6 is 11.3 Å².